The van der Waals surface area contributed by atoms with Crippen molar-refractivity contribution >= 4 is 23.2 Å². The number of amides is 1. The maximum absolute atomic E-state index is 12.2. The first-order valence-corrected chi connectivity index (χ1v) is 6.07. The van der Waals surface area contributed by atoms with Crippen LogP contribution in [-0.2, 0) is 0 Å². The summed E-state index contributed by atoms with van der Waals surface area (Å²) in [6.07, 6.45) is 4.26. The molecule has 0 unspecified atom stereocenters. The predicted octanol–water partition coefficient (Wildman–Crippen LogP) is 2.27. The second-order valence-electron chi connectivity index (χ2n) is 4.11. The van der Waals surface area contributed by atoms with Crippen molar-refractivity contribution in [1.29, 1.82) is 0 Å². The number of rotatable bonds is 2. The molecule has 7 heteroatoms. The highest BCUT2D eigenvalue weighted by atomic mass is 35.5. The molecular weight excluding hydrogens is 258 g/mol. The second-order valence-corrected chi connectivity index (χ2v) is 4.47. The summed E-state index contributed by atoms with van der Waals surface area (Å²) in [4.78, 5) is 27.8. The Hall–Kier alpha value is -1.69. The number of nitrogens with zero attached hydrogens (tertiary/aromatic N) is 3. The van der Waals surface area contributed by atoms with Crippen LogP contribution in [0.1, 0.15) is 29.6 Å². The Balaban J connectivity index is 2.35. The number of carbonyl (C=O) groups excluding carboxylic acids is 1. The van der Waals surface area contributed by atoms with Crippen LogP contribution in [0, 0.1) is 10.1 Å². The summed E-state index contributed by atoms with van der Waals surface area (Å²) in [5.74, 6) is -0.342. The monoisotopic (exact) mass is 269 g/mol. The summed E-state index contributed by atoms with van der Waals surface area (Å²) >= 11 is 5.68. The van der Waals surface area contributed by atoms with E-state index in [-0.39, 0.29) is 16.6 Å². The van der Waals surface area contributed by atoms with Crippen LogP contribution in [0.25, 0.3) is 0 Å². The summed E-state index contributed by atoms with van der Waals surface area (Å²) in [5.41, 5.74) is -0.392. The fraction of sp³-hybridized carbons (Fsp3) is 0.455. The quantitative estimate of drug-likeness (QED) is 0.469. The van der Waals surface area contributed by atoms with Gasteiger partial charge in [-0.05, 0) is 25.3 Å². The Labute approximate surface area is 109 Å². The molecule has 18 heavy (non-hydrogen) atoms. The van der Waals surface area contributed by atoms with Crippen molar-refractivity contribution in [2.45, 2.75) is 19.3 Å². The van der Waals surface area contributed by atoms with E-state index < -0.39 is 10.6 Å². The Morgan fingerprint density at radius 1 is 1.39 bits per heavy atom. The Kier molecular flexibility index (Phi) is 3.76. The van der Waals surface area contributed by atoms with E-state index in [1.807, 2.05) is 0 Å². The van der Waals surface area contributed by atoms with Crippen LogP contribution in [0.4, 0.5) is 5.69 Å². The van der Waals surface area contributed by atoms with Gasteiger partial charge >= 0.3 is 5.69 Å². The minimum absolute atomic E-state index is 0.0156. The largest absolute Gasteiger partial charge is 0.338 e. The highest BCUT2D eigenvalue weighted by molar-refractivity contribution is 6.32. The van der Waals surface area contributed by atoms with Gasteiger partial charge in [0.25, 0.3) is 5.91 Å². The van der Waals surface area contributed by atoms with Crippen LogP contribution in [0.2, 0.25) is 5.15 Å². The fourth-order valence-electron chi connectivity index (χ4n) is 2.04. The Morgan fingerprint density at radius 2 is 2.06 bits per heavy atom. The van der Waals surface area contributed by atoms with Crippen molar-refractivity contribution in [2.24, 2.45) is 0 Å². The molecule has 0 N–H and O–H groups in total. The molecule has 0 bridgehead atoms. The normalized spacial score (nSPS) is 15.5. The van der Waals surface area contributed by atoms with E-state index in [1.165, 1.54) is 12.3 Å². The lowest BCUT2D eigenvalue weighted by atomic mass is 10.1. The third kappa shape index (κ3) is 2.43. The lowest BCUT2D eigenvalue weighted by Gasteiger charge is -2.26. The zero-order valence-corrected chi connectivity index (χ0v) is 10.4. The molecule has 1 aromatic rings. The van der Waals surface area contributed by atoms with Crippen LogP contribution in [0.3, 0.4) is 0 Å². The lowest BCUT2D eigenvalue weighted by molar-refractivity contribution is -0.385. The molecule has 1 amide bonds. The topological polar surface area (TPSA) is 76.3 Å². The van der Waals surface area contributed by atoms with E-state index in [0.717, 1.165) is 19.3 Å². The van der Waals surface area contributed by atoms with E-state index in [9.17, 15) is 14.9 Å². The molecular formula is C11H12ClN3O3. The predicted molar refractivity (Wildman–Crippen MR) is 65.7 cm³/mol. The third-order valence-electron chi connectivity index (χ3n) is 2.94. The maximum atomic E-state index is 12.2. The minimum atomic E-state index is -0.660. The highest BCUT2D eigenvalue weighted by Crippen LogP contribution is 2.27. The van der Waals surface area contributed by atoms with Crippen LogP contribution in [-0.4, -0.2) is 33.8 Å². The molecule has 0 radical (unpaired) electrons. The standard InChI is InChI=1S/C11H12ClN3O3/c12-10-9(15(17)18)8(4-5-13-10)11(16)14-6-2-1-3-7-14/h4-5H,1-3,6-7H2. The lowest BCUT2D eigenvalue weighted by Crippen LogP contribution is -2.36. The minimum Gasteiger partial charge on any atom is -0.338 e. The number of piperidine rings is 1. The maximum Gasteiger partial charge on any atom is 0.319 e. The summed E-state index contributed by atoms with van der Waals surface area (Å²) < 4.78 is 0. The molecule has 1 saturated heterocycles. The van der Waals surface area contributed by atoms with Crippen LogP contribution in [0.5, 0.6) is 0 Å². The van der Waals surface area contributed by atoms with E-state index in [4.69, 9.17) is 11.6 Å². The number of likely N-dealkylation sites (tertiary alicyclic amines) is 1. The number of pyridine rings is 1. The molecule has 0 aromatic carbocycles. The van der Waals surface area contributed by atoms with Crippen molar-refractivity contribution in [3.8, 4) is 0 Å². The van der Waals surface area contributed by atoms with Gasteiger partial charge in [-0.2, -0.15) is 0 Å². The molecule has 6 nitrogen and oxygen atoms in total. The Bertz CT molecular complexity index is 486. The molecule has 1 aliphatic heterocycles. The van der Waals surface area contributed by atoms with Crippen molar-refractivity contribution < 1.29 is 9.72 Å². The van der Waals surface area contributed by atoms with E-state index in [1.54, 1.807) is 4.90 Å². The van der Waals surface area contributed by atoms with E-state index in [2.05, 4.69) is 4.98 Å². The number of hydrogen-bond acceptors (Lipinski definition) is 4. The van der Waals surface area contributed by atoms with Gasteiger partial charge < -0.3 is 4.90 Å². The average molecular weight is 270 g/mol. The Morgan fingerprint density at radius 3 is 2.67 bits per heavy atom. The molecule has 0 aliphatic carbocycles. The smallest absolute Gasteiger partial charge is 0.319 e. The van der Waals surface area contributed by atoms with E-state index in [0.29, 0.717) is 13.1 Å². The molecule has 1 aromatic heterocycles. The number of halogens is 1. The van der Waals surface area contributed by atoms with E-state index >= 15 is 0 Å². The average Bonchev–Trinajstić information content (AvgIpc) is 2.38. The van der Waals surface area contributed by atoms with Crippen LogP contribution >= 0.6 is 11.6 Å². The fourth-order valence-corrected chi connectivity index (χ4v) is 2.27. The summed E-state index contributed by atoms with van der Waals surface area (Å²) in [5, 5.41) is 10.7. The van der Waals surface area contributed by atoms with Gasteiger partial charge in [-0.25, -0.2) is 4.98 Å². The van der Waals surface area contributed by atoms with Gasteiger partial charge in [0.1, 0.15) is 5.56 Å². The summed E-state index contributed by atoms with van der Waals surface area (Å²) in [7, 11) is 0. The first-order chi connectivity index (χ1) is 8.61. The van der Waals surface area contributed by atoms with Crippen LogP contribution in [0.15, 0.2) is 12.3 Å². The number of nitro groups is 1. The van der Waals surface area contributed by atoms with Crippen LogP contribution < -0.4 is 0 Å². The van der Waals surface area contributed by atoms with Crippen molar-refractivity contribution in [2.75, 3.05) is 13.1 Å². The number of hydrogen-bond donors (Lipinski definition) is 0. The van der Waals surface area contributed by atoms with Crippen molar-refractivity contribution in [3.05, 3.63) is 33.1 Å². The van der Waals surface area contributed by atoms with Gasteiger partial charge in [0.05, 0.1) is 4.92 Å². The van der Waals surface area contributed by atoms with Gasteiger partial charge in [-0.3, -0.25) is 14.9 Å². The first kappa shape index (κ1) is 12.8. The zero-order valence-electron chi connectivity index (χ0n) is 9.63. The van der Waals surface area contributed by atoms with Crippen molar-refractivity contribution in [3.63, 3.8) is 0 Å². The first-order valence-electron chi connectivity index (χ1n) is 5.69. The van der Waals surface area contributed by atoms with Gasteiger partial charge in [0.15, 0.2) is 0 Å². The van der Waals surface area contributed by atoms with Gasteiger partial charge in [0, 0.05) is 19.3 Å². The molecule has 2 heterocycles. The van der Waals surface area contributed by atoms with Gasteiger partial charge in [-0.15, -0.1) is 0 Å². The molecule has 0 atom stereocenters. The molecule has 0 spiro atoms. The highest BCUT2D eigenvalue weighted by Gasteiger charge is 2.28. The molecule has 2 rings (SSSR count). The summed E-state index contributed by atoms with van der Waals surface area (Å²) in [6.45, 7) is 1.27. The summed E-state index contributed by atoms with van der Waals surface area (Å²) in [6, 6.07) is 1.35. The number of carbonyl (C=O) groups is 1. The SMILES string of the molecule is O=C(c1ccnc(Cl)c1[N+](=O)[O-])N1CCCCC1. The van der Waals surface area contributed by atoms with Gasteiger partial charge in [-0.1, -0.05) is 11.6 Å². The van der Waals surface area contributed by atoms with Gasteiger partial charge in [0.2, 0.25) is 5.15 Å². The molecule has 96 valence electrons. The third-order valence-corrected chi connectivity index (χ3v) is 3.21. The number of aromatic nitrogens is 1. The molecule has 1 fully saturated rings. The van der Waals surface area contributed by atoms with Crippen molar-refractivity contribution in [1.82, 2.24) is 9.88 Å². The molecule has 1 aliphatic rings. The second kappa shape index (κ2) is 5.30. The molecule has 0 saturated carbocycles. The zero-order chi connectivity index (χ0) is 13.1.